The van der Waals surface area contributed by atoms with E-state index in [4.69, 9.17) is 5.11 Å². The van der Waals surface area contributed by atoms with Gasteiger partial charge in [0.15, 0.2) is 0 Å². The van der Waals surface area contributed by atoms with Crippen molar-refractivity contribution >= 4 is 12.0 Å². The zero-order valence-electron chi connectivity index (χ0n) is 15.3. The molecule has 0 heterocycles. The Morgan fingerprint density at radius 2 is 1.84 bits per heavy atom. The summed E-state index contributed by atoms with van der Waals surface area (Å²) in [6, 6.07) is 10.1. The first kappa shape index (κ1) is 19.3. The largest absolute Gasteiger partial charge is 0.481 e. The fraction of sp³-hybridized carbons (Fsp3) is 0.600. The summed E-state index contributed by atoms with van der Waals surface area (Å²) in [6.45, 7) is 4.91. The van der Waals surface area contributed by atoms with Crippen molar-refractivity contribution in [2.75, 3.05) is 6.54 Å². The van der Waals surface area contributed by atoms with Gasteiger partial charge in [-0.15, -0.1) is 0 Å². The molecule has 1 aliphatic carbocycles. The summed E-state index contributed by atoms with van der Waals surface area (Å²) < 4.78 is 0. The Morgan fingerprint density at radius 3 is 2.40 bits per heavy atom. The second-order valence-corrected chi connectivity index (χ2v) is 6.97. The highest BCUT2D eigenvalue weighted by molar-refractivity contribution is 5.75. The summed E-state index contributed by atoms with van der Waals surface area (Å²) in [5.41, 5.74) is 1.13. The number of amides is 2. The Balaban J connectivity index is 1.97. The quantitative estimate of drug-likeness (QED) is 0.777. The second kappa shape index (κ2) is 9.44. The molecular weight excluding hydrogens is 316 g/mol. The third-order valence-electron chi connectivity index (χ3n) is 5.17. The van der Waals surface area contributed by atoms with Crippen LogP contribution in [0, 0.1) is 5.92 Å². The van der Waals surface area contributed by atoms with Crippen molar-refractivity contribution < 1.29 is 14.7 Å². The van der Waals surface area contributed by atoms with Gasteiger partial charge in [0.1, 0.15) is 0 Å². The lowest BCUT2D eigenvalue weighted by Crippen LogP contribution is -2.47. The molecule has 0 aromatic heterocycles. The van der Waals surface area contributed by atoms with E-state index in [9.17, 15) is 9.59 Å². The summed E-state index contributed by atoms with van der Waals surface area (Å²) in [7, 11) is 0. The summed E-state index contributed by atoms with van der Waals surface area (Å²) in [4.78, 5) is 25.8. The molecule has 0 spiro atoms. The van der Waals surface area contributed by atoms with Crippen LogP contribution in [0.2, 0.25) is 0 Å². The Morgan fingerprint density at radius 1 is 1.20 bits per heavy atom. The number of urea groups is 1. The first-order valence-electron chi connectivity index (χ1n) is 9.37. The highest BCUT2D eigenvalue weighted by Crippen LogP contribution is 2.26. The molecule has 1 saturated carbocycles. The van der Waals surface area contributed by atoms with E-state index in [-0.39, 0.29) is 24.0 Å². The van der Waals surface area contributed by atoms with Gasteiger partial charge in [0, 0.05) is 12.6 Å². The minimum absolute atomic E-state index is 0.0168. The number of unbranched alkanes of at least 4 members (excludes halogenated alkanes) is 1. The number of aliphatic carboxylic acids is 1. The van der Waals surface area contributed by atoms with Crippen LogP contribution in [0.5, 0.6) is 0 Å². The number of carboxylic acid groups (broad SMARTS) is 1. The molecule has 1 atom stereocenters. The first-order valence-corrected chi connectivity index (χ1v) is 9.37. The molecule has 5 nitrogen and oxygen atoms in total. The Bertz CT molecular complexity index is 553. The molecule has 2 rings (SSSR count). The van der Waals surface area contributed by atoms with Crippen molar-refractivity contribution in [1.29, 1.82) is 0 Å². The zero-order valence-corrected chi connectivity index (χ0v) is 15.3. The van der Waals surface area contributed by atoms with Gasteiger partial charge < -0.3 is 15.3 Å². The molecule has 1 fully saturated rings. The normalized spacial score (nSPS) is 21.4. The molecule has 1 aromatic carbocycles. The van der Waals surface area contributed by atoms with Crippen molar-refractivity contribution in [1.82, 2.24) is 10.2 Å². The summed E-state index contributed by atoms with van der Waals surface area (Å²) in [5, 5.41) is 12.2. The molecule has 0 radical (unpaired) electrons. The van der Waals surface area contributed by atoms with Crippen LogP contribution in [0.4, 0.5) is 4.79 Å². The minimum atomic E-state index is -0.716. The molecule has 138 valence electrons. The SMILES string of the molecule is CCCCN(C(=O)NC1CCC(C(=O)O)CC1)C(C)c1ccccc1. The van der Waals surface area contributed by atoms with Gasteiger partial charge in [0.25, 0.3) is 0 Å². The fourth-order valence-corrected chi connectivity index (χ4v) is 3.45. The average Bonchev–Trinajstić information content (AvgIpc) is 2.63. The molecule has 25 heavy (non-hydrogen) atoms. The third-order valence-corrected chi connectivity index (χ3v) is 5.17. The van der Waals surface area contributed by atoms with E-state index in [1.165, 1.54) is 0 Å². The van der Waals surface area contributed by atoms with Crippen LogP contribution in [-0.2, 0) is 4.79 Å². The lowest BCUT2D eigenvalue weighted by atomic mass is 9.86. The van der Waals surface area contributed by atoms with Crippen molar-refractivity contribution in [2.24, 2.45) is 5.92 Å². The zero-order chi connectivity index (χ0) is 18.2. The smallest absolute Gasteiger partial charge is 0.318 e. The number of nitrogens with zero attached hydrogens (tertiary/aromatic N) is 1. The van der Waals surface area contributed by atoms with E-state index in [0.29, 0.717) is 12.8 Å². The van der Waals surface area contributed by atoms with Gasteiger partial charge in [0.05, 0.1) is 12.0 Å². The van der Waals surface area contributed by atoms with Crippen LogP contribution < -0.4 is 5.32 Å². The van der Waals surface area contributed by atoms with Crippen LogP contribution >= 0.6 is 0 Å². The molecule has 1 aromatic rings. The van der Waals surface area contributed by atoms with Crippen LogP contribution in [0.3, 0.4) is 0 Å². The molecule has 0 bridgehead atoms. The topological polar surface area (TPSA) is 69.6 Å². The van der Waals surface area contributed by atoms with Crippen LogP contribution in [0.25, 0.3) is 0 Å². The van der Waals surface area contributed by atoms with E-state index in [0.717, 1.165) is 37.8 Å². The van der Waals surface area contributed by atoms with Gasteiger partial charge in [0.2, 0.25) is 0 Å². The van der Waals surface area contributed by atoms with Crippen molar-refractivity contribution in [2.45, 2.75) is 64.5 Å². The van der Waals surface area contributed by atoms with E-state index >= 15 is 0 Å². The van der Waals surface area contributed by atoms with E-state index in [2.05, 4.69) is 31.3 Å². The standard InChI is InChI=1S/C20H30N2O3/c1-3-4-14-22(15(2)16-8-6-5-7-9-16)20(25)21-18-12-10-17(11-13-18)19(23)24/h5-9,15,17-18H,3-4,10-14H2,1-2H3,(H,21,25)(H,23,24). The highest BCUT2D eigenvalue weighted by atomic mass is 16.4. The maximum absolute atomic E-state index is 12.8. The van der Waals surface area contributed by atoms with E-state index in [1.807, 2.05) is 23.1 Å². The van der Waals surface area contributed by atoms with Crippen molar-refractivity contribution in [3.63, 3.8) is 0 Å². The third kappa shape index (κ3) is 5.48. The lowest BCUT2D eigenvalue weighted by Gasteiger charge is -2.33. The van der Waals surface area contributed by atoms with Gasteiger partial charge in [-0.25, -0.2) is 4.79 Å². The molecule has 5 heteroatoms. The van der Waals surface area contributed by atoms with Crippen molar-refractivity contribution in [3.05, 3.63) is 35.9 Å². The Kier molecular flexibility index (Phi) is 7.29. The van der Waals surface area contributed by atoms with Crippen LogP contribution in [0.1, 0.15) is 64.0 Å². The predicted octanol–water partition coefficient (Wildman–Crippen LogP) is 4.20. The number of hydrogen-bond donors (Lipinski definition) is 2. The molecular formula is C20H30N2O3. The molecule has 0 aliphatic heterocycles. The Labute approximate surface area is 150 Å². The summed E-state index contributed by atoms with van der Waals surface area (Å²) in [5.74, 6) is -0.973. The maximum Gasteiger partial charge on any atom is 0.318 e. The number of carbonyl (C=O) groups is 2. The van der Waals surface area contributed by atoms with Gasteiger partial charge >= 0.3 is 12.0 Å². The van der Waals surface area contributed by atoms with Gasteiger partial charge in [-0.1, -0.05) is 43.7 Å². The number of hydrogen-bond acceptors (Lipinski definition) is 2. The van der Waals surface area contributed by atoms with Crippen LogP contribution in [0.15, 0.2) is 30.3 Å². The van der Waals surface area contributed by atoms with Gasteiger partial charge in [-0.2, -0.15) is 0 Å². The highest BCUT2D eigenvalue weighted by Gasteiger charge is 2.29. The first-order chi connectivity index (χ1) is 12.0. The minimum Gasteiger partial charge on any atom is -0.481 e. The Hall–Kier alpha value is -2.04. The molecule has 1 unspecified atom stereocenters. The van der Waals surface area contributed by atoms with E-state index in [1.54, 1.807) is 0 Å². The monoisotopic (exact) mass is 346 g/mol. The summed E-state index contributed by atoms with van der Waals surface area (Å²) in [6.07, 6.45) is 4.77. The van der Waals surface area contributed by atoms with Gasteiger partial charge in [-0.3, -0.25) is 4.79 Å². The molecule has 2 N–H and O–H groups in total. The van der Waals surface area contributed by atoms with Crippen molar-refractivity contribution in [3.8, 4) is 0 Å². The predicted molar refractivity (Wildman–Crippen MR) is 98.4 cm³/mol. The number of carbonyl (C=O) groups excluding carboxylic acids is 1. The average molecular weight is 346 g/mol. The lowest BCUT2D eigenvalue weighted by molar-refractivity contribution is -0.142. The second-order valence-electron chi connectivity index (χ2n) is 6.97. The molecule has 2 amide bonds. The fourth-order valence-electron chi connectivity index (χ4n) is 3.45. The summed E-state index contributed by atoms with van der Waals surface area (Å²) >= 11 is 0. The number of rotatable bonds is 7. The molecule has 1 aliphatic rings. The number of carboxylic acids is 1. The molecule has 0 saturated heterocycles. The van der Waals surface area contributed by atoms with E-state index < -0.39 is 5.97 Å². The van der Waals surface area contributed by atoms with Crippen LogP contribution in [-0.4, -0.2) is 34.6 Å². The number of benzene rings is 1. The maximum atomic E-state index is 12.8. The number of nitrogens with one attached hydrogen (secondary N) is 1. The van der Waals surface area contributed by atoms with Gasteiger partial charge in [-0.05, 0) is 44.6 Å².